The average Bonchev–Trinajstić information content (AvgIpc) is 3.43. The molecule has 0 bridgehead atoms. The molecule has 12 nitrogen and oxygen atoms in total. The summed E-state index contributed by atoms with van der Waals surface area (Å²) in [4.78, 5) is 49.8. The lowest BCUT2D eigenvalue weighted by molar-refractivity contribution is 0.0883. The Labute approximate surface area is 203 Å². The molecule has 2 aliphatic rings. The Morgan fingerprint density at radius 2 is 1.53 bits per heavy atom. The van der Waals surface area contributed by atoms with Gasteiger partial charge >= 0.3 is 37.3 Å². The van der Waals surface area contributed by atoms with Crippen LogP contribution in [0.4, 0.5) is 0 Å². The van der Waals surface area contributed by atoms with Crippen molar-refractivity contribution in [1.82, 2.24) is 19.1 Å². The van der Waals surface area contributed by atoms with E-state index in [-0.39, 0.29) is 34.7 Å². The first-order valence-electron chi connectivity index (χ1n) is 10.1. The van der Waals surface area contributed by atoms with Crippen LogP contribution in [0.25, 0.3) is 0 Å². The highest BCUT2D eigenvalue weighted by molar-refractivity contribution is 8.04. The van der Waals surface area contributed by atoms with Gasteiger partial charge in [-0.3, -0.25) is 23.7 Å². The standard InChI is InChI=1S/2C9H11N2O4PS/c1-16(14)9-15-6(5-17-9)4-11-3-2-7(12)10-8(11)13;1-16(14)9-15-6(5-17-9)4-11-7(12)2-3-10-8(11)13/h2*2-3,6,9H,4-5H2,1H3/p+2. The van der Waals surface area contributed by atoms with E-state index in [9.17, 15) is 28.3 Å². The van der Waals surface area contributed by atoms with E-state index < -0.39 is 32.5 Å². The van der Waals surface area contributed by atoms with Crippen molar-refractivity contribution in [2.45, 2.75) is 35.7 Å². The number of rotatable bonds is 6. The zero-order valence-electron chi connectivity index (χ0n) is 18.3. The van der Waals surface area contributed by atoms with Gasteiger partial charge < -0.3 is 14.5 Å². The second-order valence-electron chi connectivity index (χ2n) is 7.38. The summed E-state index contributed by atoms with van der Waals surface area (Å²) < 4.78 is 36.0. The van der Waals surface area contributed by atoms with Crippen molar-refractivity contribution in [1.29, 1.82) is 0 Å². The highest BCUT2D eigenvalue weighted by Crippen LogP contribution is 2.41. The van der Waals surface area contributed by atoms with Crippen molar-refractivity contribution in [3.8, 4) is 0 Å². The monoisotopic (exact) mass is 550 g/mol. The molecular formula is C18H24N4O8P2S2+2. The van der Waals surface area contributed by atoms with Crippen LogP contribution in [0, 0.1) is 0 Å². The van der Waals surface area contributed by atoms with E-state index in [2.05, 4.69) is 9.97 Å². The molecule has 0 saturated carbocycles. The Bertz CT molecular complexity index is 1240. The van der Waals surface area contributed by atoms with Crippen molar-refractivity contribution in [2.75, 3.05) is 24.8 Å². The normalized spacial score (nSPS) is 24.9. The van der Waals surface area contributed by atoms with Gasteiger partial charge in [0, 0.05) is 36.0 Å². The third kappa shape index (κ3) is 7.34. The van der Waals surface area contributed by atoms with Crippen LogP contribution in [0.1, 0.15) is 0 Å². The predicted octanol–water partition coefficient (Wildman–Crippen LogP) is 0.819. The minimum absolute atomic E-state index is 0.146. The number of H-pyrrole nitrogens is 2. The van der Waals surface area contributed by atoms with Gasteiger partial charge in [-0.15, -0.1) is 0 Å². The number of nitrogens with one attached hydrogen (secondary N) is 2. The van der Waals surface area contributed by atoms with Crippen molar-refractivity contribution < 1.29 is 18.6 Å². The second-order valence-corrected chi connectivity index (χ2v) is 13.4. The fraction of sp³-hybridized carbons (Fsp3) is 0.556. The largest absolute Gasteiger partial charge is 0.378 e. The Balaban J connectivity index is 0.000000191. The molecule has 2 fully saturated rings. The van der Waals surface area contributed by atoms with Crippen LogP contribution in [-0.2, 0) is 31.7 Å². The highest BCUT2D eigenvalue weighted by Gasteiger charge is 2.38. The van der Waals surface area contributed by atoms with Crippen molar-refractivity contribution in [2.24, 2.45) is 0 Å². The maximum Gasteiger partial charge on any atom is 0.378 e. The predicted molar refractivity (Wildman–Crippen MR) is 132 cm³/mol. The number of thioether (sulfide) groups is 2. The van der Waals surface area contributed by atoms with Crippen molar-refractivity contribution in [3.05, 3.63) is 66.2 Å². The molecule has 0 aromatic carbocycles. The van der Waals surface area contributed by atoms with Gasteiger partial charge in [-0.2, -0.15) is 0 Å². The van der Waals surface area contributed by atoms with Gasteiger partial charge in [0.05, 0.1) is 25.3 Å². The molecule has 0 spiro atoms. The highest BCUT2D eigenvalue weighted by atomic mass is 32.2. The van der Waals surface area contributed by atoms with E-state index in [1.165, 1.54) is 52.6 Å². The van der Waals surface area contributed by atoms with Crippen LogP contribution < -0.4 is 22.5 Å². The van der Waals surface area contributed by atoms with Crippen LogP contribution in [0.5, 0.6) is 0 Å². The van der Waals surface area contributed by atoms with Gasteiger partial charge in [0.25, 0.3) is 11.1 Å². The van der Waals surface area contributed by atoms with E-state index in [0.717, 1.165) is 4.57 Å². The summed E-state index contributed by atoms with van der Waals surface area (Å²) in [7, 11) is -2.77. The third-order valence-electron chi connectivity index (χ3n) is 4.69. The molecule has 2 aliphatic heterocycles. The lowest BCUT2D eigenvalue weighted by Gasteiger charge is -2.09. The molecule has 34 heavy (non-hydrogen) atoms. The molecule has 6 unspecified atom stereocenters. The minimum Gasteiger partial charge on any atom is -0.321 e. The van der Waals surface area contributed by atoms with Gasteiger partial charge in [0.2, 0.25) is 0 Å². The summed E-state index contributed by atoms with van der Waals surface area (Å²) in [6.07, 6.45) is 2.36. The molecule has 0 radical (unpaired) electrons. The molecule has 184 valence electrons. The summed E-state index contributed by atoms with van der Waals surface area (Å²) >= 11 is 2.95. The Hall–Kier alpha value is -1.82. The zero-order chi connectivity index (χ0) is 24.8. The van der Waals surface area contributed by atoms with Crippen LogP contribution in [0.2, 0.25) is 0 Å². The van der Waals surface area contributed by atoms with E-state index in [0.29, 0.717) is 18.1 Å². The lowest BCUT2D eigenvalue weighted by Crippen LogP contribution is -2.38. The fourth-order valence-electron chi connectivity index (χ4n) is 3.07. The minimum atomic E-state index is -1.40. The number of hydrogen-bond acceptors (Lipinski definition) is 10. The number of aromatic nitrogens is 4. The summed E-state index contributed by atoms with van der Waals surface area (Å²) in [5, 5.41) is -0.609. The topological polar surface area (TPSA) is 162 Å². The van der Waals surface area contributed by atoms with Gasteiger partial charge in [0.15, 0.2) is 0 Å². The van der Waals surface area contributed by atoms with Gasteiger partial charge in [-0.05, 0) is 0 Å². The zero-order valence-corrected chi connectivity index (χ0v) is 21.7. The third-order valence-corrected chi connectivity index (χ3v) is 10.7. The van der Waals surface area contributed by atoms with Crippen LogP contribution >= 0.6 is 39.1 Å². The van der Waals surface area contributed by atoms with Crippen LogP contribution in [0.15, 0.2) is 43.7 Å². The second kappa shape index (κ2) is 12.2. The van der Waals surface area contributed by atoms with Crippen molar-refractivity contribution >= 4 is 39.1 Å². The van der Waals surface area contributed by atoms with Gasteiger partial charge in [-0.25, -0.2) is 9.59 Å². The maximum absolute atomic E-state index is 11.5. The number of hydrogen-bond donors (Lipinski definition) is 2. The Morgan fingerprint density at radius 1 is 0.941 bits per heavy atom. The molecule has 2 saturated heterocycles. The summed E-state index contributed by atoms with van der Waals surface area (Å²) in [6.45, 7) is 3.79. The number of ether oxygens (including phenoxy) is 2. The van der Waals surface area contributed by atoms with Crippen LogP contribution in [-0.4, -0.2) is 66.5 Å². The summed E-state index contributed by atoms with van der Waals surface area (Å²) in [5.74, 6) is 1.34. The molecule has 6 atom stereocenters. The van der Waals surface area contributed by atoms with E-state index in [1.807, 2.05) is 0 Å². The number of aromatic amines is 2. The first kappa shape index (κ1) is 26.8. The molecule has 2 aromatic heterocycles. The van der Waals surface area contributed by atoms with Gasteiger partial charge in [0.1, 0.15) is 13.3 Å². The Morgan fingerprint density at radius 3 is 2.03 bits per heavy atom. The first-order chi connectivity index (χ1) is 16.1. The average molecular weight is 550 g/mol. The number of nitrogens with zero attached hydrogens (tertiary/aromatic N) is 2. The Kier molecular flexibility index (Phi) is 9.64. The maximum atomic E-state index is 11.5. The molecule has 2 aromatic rings. The SMILES string of the molecule is C[P+](=O)C1OC(Cn2c(=O)cc[nH]c2=O)CS1.C[P+](=O)C1OC(Cn2ccc(=O)[nH]c2=O)CS1. The molecule has 2 N–H and O–H groups in total. The molecule has 4 rings (SSSR count). The lowest BCUT2D eigenvalue weighted by atomic mass is 10.4. The smallest absolute Gasteiger partial charge is 0.321 e. The molecule has 0 aliphatic carbocycles. The van der Waals surface area contributed by atoms with Crippen LogP contribution in [0.3, 0.4) is 0 Å². The van der Waals surface area contributed by atoms with Crippen molar-refractivity contribution in [3.63, 3.8) is 0 Å². The molecule has 0 amide bonds. The van der Waals surface area contributed by atoms with E-state index in [4.69, 9.17) is 9.47 Å². The molecule has 4 heterocycles. The summed E-state index contributed by atoms with van der Waals surface area (Å²) in [5.41, 5.74) is -1.67. The summed E-state index contributed by atoms with van der Waals surface area (Å²) in [6, 6.07) is 2.59. The van der Waals surface area contributed by atoms with Gasteiger partial charge in [-0.1, -0.05) is 32.7 Å². The fourth-order valence-corrected chi connectivity index (χ4v) is 7.56. The van der Waals surface area contributed by atoms with E-state index >= 15 is 0 Å². The quantitative estimate of drug-likeness (QED) is 0.493. The first-order valence-corrected chi connectivity index (χ1v) is 15.7. The van der Waals surface area contributed by atoms with E-state index in [1.54, 1.807) is 13.3 Å². The molecular weight excluding hydrogens is 526 g/mol. The molecule has 16 heteroatoms.